The van der Waals surface area contributed by atoms with E-state index in [2.05, 4.69) is 25.7 Å². The molecule has 2 fully saturated rings. The van der Waals surface area contributed by atoms with E-state index in [0.29, 0.717) is 11.0 Å². The molecule has 4 rings (SSSR count). The van der Waals surface area contributed by atoms with Gasteiger partial charge in [-0.15, -0.1) is 11.3 Å². The molecule has 0 spiro atoms. The number of hydrogen-bond acceptors (Lipinski definition) is 7. The van der Waals surface area contributed by atoms with Gasteiger partial charge in [-0.25, -0.2) is 4.98 Å². The van der Waals surface area contributed by atoms with Crippen LogP contribution < -0.4 is 10.2 Å². The molecule has 1 saturated carbocycles. The van der Waals surface area contributed by atoms with Crippen LogP contribution in [0.4, 0.5) is 5.82 Å². The minimum Gasteiger partial charge on any atom is -0.354 e. The molecule has 140 valence electrons. The van der Waals surface area contributed by atoms with E-state index < -0.39 is 0 Å². The van der Waals surface area contributed by atoms with Crippen LogP contribution in [0.2, 0.25) is 0 Å². The molecule has 1 aliphatic heterocycles. The zero-order chi connectivity index (χ0) is 17.9. The van der Waals surface area contributed by atoms with Gasteiger partial charge in [0.25, 0.3) is 5.91 Å². The minimum atomic E-state index is -0.144. The lowest BCUT2D eigenvalue weighted by Crippen LogP contribution is -2.38. The Morgan fingerprint density at radius 3 is 2.77 bits per heavy atom. The summed E-state index contributed by atoms with van der Waals surface area (Å²) in [6, 6.07) is 1.99. The molecule has 3 heterocycles. The van der Waals surface area contributed by atoms with Gasteiger partial charge in [0.05, 0.1) is 0 Å². The smallest absolute Gasteiger partial charge is 0.290 e. The second-order valence-electron chi connectivity index (χ2n) is 7.06. The van der Waals surface area contributed by atoms with Crippen molar-refractivity contribution in [3.63, 3.8) is 0 Å². The summed E-state index contributed by atoms with van der Waals surface area (Å²) < 4.78 is 6.43. The predicted molar refractivity (Wildman–Crippen MR) is 104 cm³/mol. The van der Waals surface area contributed by atoms with Crippen LogP contribution in [-0.4, -0.2) is 40.4 Å². The molecule has 1 saturated heterocycles. The first-order valence-corrected chi connectivity index (χ1v) is 11.0. The Balaban J connectivity index is 1.25. The molecule has 1 aliphatic carbocycles. The van der Waals surface area contributed by atoms with Crippen LogP contribution in [0.25, 0.3) is 0 Å². The van der Waals surface area contributed by atoms with Gasteiger partial charge in [0.1, 0.15) is 4.34 Å². The summed E-state index contributed by atoms with van der Waals surface area (Å²) in [5.41, 5.74) is 1.10. The van der Waals surface area contributed by atoms with E-state index in [4.69, 9.17) is 4.52 Å². The van der Waals surface area contributed by atoms with E-state index in [9.17, 15) is 4.79 Å². The highest BCUT2D eigenvalue weighted by molar-refractivity contribution is 8.01. The third kappa shape index (κ3) is 4.23. The molecule has 2 aromatic rings. The molecule has 0 aromatic carbocycles. The lowest BCUT2D eigenvalue weighted by molar-refractivity contribution is 0.0891. The lowest BCUT2D eigenvalue weighted by atomic mass is 9.95. The number of nitrogens with one attached hydrogen (secondary N) is 1. The van der Waals surface area contributed by atoms with Crippen LogP contribution in [0.1, 0.15) is 54.8 Å². The number of rotatable bonds is 5. The van der Waals surface area contributed by atoms with Gasteiger partial charge >= 0.3 is 0 Å². The van der Waals surface area contributed by atoms with E-state index in [-0.39, 0.29) is 11.9 Å². The van der Waals surface area contributed by atoms with Crippen molar-refractivity contribution in [2.75, 3.05) is 18.0 Å². The normalized spacial score (nSPS) is 23.3. The monoisotopic (exact) mass is 392 g/mol. The standard InChI is InChI=1S/C18H24N4O2S2/c1-12-11-25-18(19-12)26-14-6-4-13(5-7-14)20-17(23)15-10-16(21-24-15)22-8-2-3-9-22/h10-11,13-14H,2-9H2,1H3,(H,20,23). The third-order valence-electron chi connectivity index (χ3n) is 5.03. The maximum Gasteiger partial charge on any atom is 0.290 e. The highest BCUT2D eigenvalue weighted by Gasteiger charge is 2.26. The number of aryl methyl sites for hydroxylation is 1. The maximum atomic E-state index is 12.4. The molecule has 0 unspecified atom stereocenters. The average molecular weight is 393 g/mol. The van der Waals surface area contributed by atoms with Crippen molar-refractivity contribution >= 4 is 34.8 Å². The second-order valence-corrected chi connectivity index (χ2v) is 9.47. The molecule has 2 aliphatic rings. The van der Waals surface area contributed by atoms with Gasteiger partial charge in [-0.2, -0.15) is 0 Å². The van der Waals surface area contributed by atoms with E-state index in [1.165, 1.54) is 12.8 Å². The van der Waals surface area contributed by atoms with E-state index >= 15 is 0 Å². The van der Waals surface area contributed by atoms with Crippen molar-refractivity contribution in [1.82, 2.24) is 15.5 Å². The van der Waals surface area contributed by atoms with Crippen molar-refractivity contribution in [3.8, 4) is 0 Å². The van der Waals surface area contributed by atoms with Crippen molar-refractivity contribution in [1.29, 1.82) is 0 Å². The van der Waals surface area contributed by atoms with Crippen LogP contribution in [0, 0.1) is 6.92 Å². The van der Waals surface area contributed by atoms with Crippen molar-refractivity contribution < 1.29 is 9.32 Å². The molecule has 1 N–H and O–H groups in total. The second kappa shape index (κ2) is 8.00. The number of carbonyl (C=O) groups is 1. The highest BCUT2D eigenvalue weighted by atomic mass is 32.2. The number of nitrogens with zero attached hydrogens (tertiary/aromatic N) is 3. The highest BCUT2D eigenvalue weighted by Crippen LogP contribution is 2.35. The predicted octanol–water partition coefficient (Wildman–Crippen LogP) is 3.87. The van der Waals surface area contributed by atoms with E-state index in [1.54, 1.807) is 17.4 Å². The number of amides is 1. The molecule has 2 aromatic heterocycles. The van der Waals surface area contributed by atoms with Gasteiger partial charge in [-0.3, -0.25) is 4.79 Å². The molecule has 1 amide bonds. The first kappa shape index (κ1) is 17.9. The van der Waals surface area contributed by atoms with Gasteiger partial charge in [0, 0.05) is 41.5 Å². The van der Waals surface area contributed by atoms with Gasteiger partial charge < -0.3 is 14.7 Å². The summed E-state index contributed by atoms with van der Waals surface area (Å²) in [5.74, 6) is 0.961. The molecule has 0 atom stereocenters. The Labute approximate surface area is 161 Å². The average Bonchev–Trinajstić information content (AvgIpc) is 3.37. The van der Waals surface area contributed by atoms with Crippen LogP contribution >= 0.6 is 23.1 Å². The van der Waals surface area contributed by atoms with Gasteiger partial charge in [-0.1, -0.05) is 16.9 Å². The Morgan fingerprint density at radius 1 is 1.31 bits per heavy atom. The first-order chi connectivity index (χ1) is 12.7. The summed E-state index contributed by atoms with van der Waals surface area (Å²) >= 11 is 3.60. The Hall–Kier alpha value is -1.54. The quantitative estimate of drug-likeness (QED) is 0.833. The topological polar surface area (TPSA) is 71.3 Å². The third-order valence-corrected chi connectivity index (χ3v) is 7.45. The summed E-state index contributed by atoms with van der Waals surface area (Å²) in [6.45, 7) is 4.02. The molecule has 8 heteroatoms. The van der Waals surface area contributed by atoms with Crippen LogP contribution in [0.15, 0.2) is 20.3 Å². The summed E-state index contributed by atoms with van der Waals surface area (Å²) in [7, 11) is 0. The Kier molecular flexibility index (Phi) is 5.49. The summed E-state index contributed by atoms with van der Waals surface area (Å²) in [5, 5.41) is 9.87. The fourth-order valence-corrected chi connectivity index (χ4v) is 5.86. The van der Waals surface area contributed by atoms with Crippen LogP contribution in [0.5, 0.6) is 0 Å². The Morgan fingerprint density at radius 2 is 2.08 bits per heavy atom. The first-order valence-electron chi connectivity index (χ1n) is 9.29. The summed E-state index contributed by atoms with van der Waals surface area (Å²) in [4.78, 5) is 19.1. The number of aromatic nitrogens is 2. The fraction of sp³-hybridized carbons (Fsp3) is 0.611. The molecular weight excluding hydrogens is 368 g/mol. The number of thiazole rings is 1. The van der Waals surface area contributed by atoms with E-state index in [1.807, 2.05) is 18.7 Å². The molecule has 0 radical (unpaired) electrons. The zero-order valence-electron chi connectivity index (χ0n) is 14.9. The molecule has 26 heavy (non-hydrogen) atoms. The van der Waals surface area contributed by atoms with Gasteiger partial charge in [0.15, 0.2) is 5.82 Å². The molecule has 0 bridgehead atoms. The fourth-order valence-electron chi connectivity index (χ4n) is 3.58. The zero-order valence-corrected chi connectivity index (χ0v) is 16.6. The van der Waals surface area contributed by atoms with Crippen molar-refractivity contribution in [2.45, 2.75) is 61.1 Å². The SMILES string of the molecule is Cc1csc(SC2CCC(NC(=O)c3cc(N4CCCC4)no3)CC2)n1. The van der Waals surface area contributed by atoms with Crippen molar-refractivity contribution in [3.05, 3.63) is 22.9 Å². The minimum absolute atomic E-state index is 0.144. The van der Waals surface area contributed by atoms with Crippen LogP contribution in [-0.2, 0) is 0 Å². The maximum absolute atomic E-state index is 12.4. The summed E-state index contributed by atoms with van der Waals surface area (Å²) in [6.07, 6.45) is 6.56. The van der Waals surface area contributed by atoms with Crippen LogP contribution in [0.3, 0.4) is 0 Å². The molecule has 6 nitrogen and oxygen atoms in total. The lowest BCUT2D eigenvalue weighted by Gasteiger charge is -2.27. The van der Waals surface area contributed by atoms with Gasteiger partial charge in [0.2, 0.25) is 5.76 Å². The van der Waals surface area contributed by atoms with E-state index in [0.717, 1.165) is 54.6 Å². The Bertz CT molecular complexity index is 746. The number of thioether (sulfide) groups is 1. The number of hydrogen-bond donors (Lipinski definition) is 1. The van der Waals surface area contributed by atoms with Gasteiger partial charge in [-0.05, 0) is 45.4 Å². The largest absolute Gasteiger partial charge is 0.354 e. The molecular formula is C18H24N4O2S2. The van der Waals surface area contributed by atoms with Crippen molar-refractivity contribution in [2.24, 2.45) is 0 Å². The number of anilines is 1. The number of carbonyl (C=O) groups excluding carboxylic acids is 1.